The van der Waals surface area contributed by atoms with Gasteiger partial charge in [-0.05, 0) is 18.6 Å². The Kier molecular flexibility index (Phi) is 4.03. The molecule has 0 amide bonds. The lowest BCUT2D eigenvalue weighted by atomic mass is 10.2. The fourth-order valence-corrected chi connectivity index (χ4v) is 3.36. The molecule has 1 aromatic carbocycles. The Labute approximate surface area is 112 Å². The number of hydrogen-bond acceptors (Lipinski definition) is 4. The summed E-state index contributed by atoms with van der Waals surface area (Å²) >= 11 is 5.91. The number of fused-ring (bicyclic) bond motifs is 1. The van der Waals surface area contributed by atoms with Crippen molar-refractivity contribution in [1.29, 1.82) is 5.26 Å². The third-order valence-corrected chi connectivity index (χ3v) is 4.15. The molecule has 88 valence electrons. The average molecular weight is 262 g/mol. The van der Waals surface area contributed by atoms with Crippen LogP contribution >= 0.6 is 24.4 Å². The Morgan fingerprint density at radius 1 is 1.47 bits per heavy atom. The fourth-order valence-electron chi connectivity index (χ4n) is 1.86. The zero-order valence-electron chi connectivity index (χ0n) is 9.68. The second-order valence-electron chi connectivity index (χ2n) is 3.78. The summed E-state index contributed by atoms with van der Waals surface area (Å²) in [4.78, 5) is 3.46. The zero-order valence-corrected chi connectivity index (χ0v) is 11.4. The van der Waals surface area contributed by atoms with Gasteiger partial charge in [0.1, 0.15) is 0 Å². The van der Waals surface area contributed by atoms with E-state index in [1.807, 2.05) is 12.1 Å². The molecule has 0 radical (unpaired) electrons. The summed E-state index contributed by atoms with van der Waals surface area (Å²) in [5.74, 6) is 0.493. The Bertz CT molecular complexity index is 488. The van der Waals surface area contributed by atoms with E-state index in [0.29, 0.717) is 5.75 Å². The monoisotopic (exact) mass is 262 g/mol. The topological polar surface area (TPSA) is 27.0 Å². The lowest BCUT2D eigenvalue weighted by molar-refractivity contribution is 0.870. The number of nitriles is 1. The maximum absolute atomic E-state index is 9.15. The first-order valence-electron chi connectivity index (χ1n) is 5.60. The highest BCUT2D eigenvalue weighted by Gasteiger charge is 2.26. The molecule has 1 aliphatic heterocycles. The first-order valence-corrected chi connectivity index (χ1v) is 7.05. The number of thiol groups is 1. The molecule has 0 spiro atoms. The van der Waals surface area contributed by atoms with E-state index in [1.54, 1.807) is 11.8 Å². The van der Waals surface area contributed by atoms with Gasteiger partial charge in [0.05, 0.1) is 22.4 Å². The van der Waals surface area contributed by atoms with Crippen molar-refractivity contribution in [2.24, 2.45) is 0 Å². The van der Waals surface area contributed by atoms with E-state index in [9.17, 15) is 0 Å². The first-order chi connectivity index (χ1) is 8.31. The van der Waals surface area contributed by atoms with E-state index in [2.05, 4.69) is 42.7 Å². The van der Waals surface area contributed by atoms with E-state index >= 15 is 0 Å². The lowest BCUT2D eigenvalue weighted by Gasteiger charge is -2.20. The van der Waals surface area contributed by atoms with Crippen molar-refractivity contribution in [2.75, 3.05) is 17.2 Å². The number of thioether (sulfide) groups is 1. The molecule has 2 nitrogen and oxygen atoms in total. The molecule has 0 bridgehead atoms. The van der Waals surface area contributed by atoms with E-state index in [-0.39, 0.29) is 0 Å². The van der Waals surface area contributed by atoms with Crippen LogP contribution in [0, 0.1) is 11.3 Å². The minimum absolute atomic E-state index is 0.493. The third-order valence-electron chi connectivity index (χ3n) is 2.61. The summed E-state index contributed by atoms with van der Waals surface area (Å²) in [6.07, 6.45) is 1.06. The molecule has 1 aliphatic rings. The molecular formula is C13H14N2S2. The normalized spacial score (nSPS) is 16.6. The van der Waals surface area contributed by atoms with Crippen LogP contribution in [-0.2, 0) is 0 Å². The molecule has 0 saturated heterocycles. The highest BCUT2D eigenvalue weighted by Crippen LogP contribution is 2.47. The number of rotatable bonds is 3. The molecule has 0 unspecified atom stereocenters. The molecule has 0 saturated carbocycles. The van der Waals surface area contributed by atoms with Crippen molar-refractivity contribution in [3.05, 3.63) is 34.9 Å². The van der Waals surface area contributed by atoms with Gasteiger partial charge in [0.15, 0.2) is 0 Å². The van der Waals surface area contributed by atoms with Crippen LogP contribution in [0.15, 0.2) is 39.8 Å². The van der Waals surface area contributed by atoms with Gasteiger partial charge in [0, 0.05) is 17.2 Å². The van der Waals surface area contributed by atoms with Gasteiger partial charge in [-0.1, -0.05) is 30.8 Å². The SMILES string of the molecule is CCCN1C(=C(C#N)CS)Sc2ccccc21. The molecule has 0 aliphatic carbocycles. The lowest BCUT2D eigenvalue weighted by Crippen LogP contribution is -2.19. The smallest absolute Gasteiger partial charge is 0.0983 e. The quantitative estimate of drug-likeness (QED) is 0.665. The minimum atomic E-state index is 0.493. The van der Waals surface area contributed by atoms with Crippen LogP contribution in [0.25, 0.3) is 0 Å². The third kappa shape index (κ3) is 2.31. The number of anilines is 1. The van der Waals surface area contributed by atoms with Crippen LogP contribution in [-0.4, -0.2) is 12.3 Å². The molecule has 1 aromatic rings. The first kappa shape index (κ1) is 12.4. The van der Waals surface area contributed by atoms with E-state index in [4.69, 9.17) is 5.26 Å². The Balaban J connectivity index is 2.47. The number of benzene rings is 1. The van der Waals surface area contributed by atoms with E-state index < -0.39 is 0 Å². The number of nitrogens with zero attached hydrogens (tertiary/aromatic N) is 2. The number of hydrogen-bond donors (Lipinski definition) is 1. The van der Waals surface area contributed by atoms with Gasteiger partial charge >= 0.3 is 0 Å². The standard InChI is InChI=1S/C13H14N2S2/c1-2-7-15-11-5-3-4-6-12(11)17-13(15)10(8-14)9-16/h3-6,16H,2,7,9H2,1H3. The van der Waals surface area contributed by atoms with Gasteiger partial charge in [-0.3, -0.25) is 0 Å². The predicted octanol–water partition coefficient (Wildman–Crippen LogP) is 3.67. The highest BCUT2D eigenvalue weighted by molar-refractivity contribution is 8.03. The Morgan fingerprint density at radius 3 is 2.88 bits per heavy atom. The van der Waals surface area contributed by atoms with Crippen LogP contribution in [0.5, 0.6) is 0 Å². The second-order valence-corrected chi connectivity index (χ2v) is 5.12. The number of para-hydroxylation sites is 1. The van der Waals surface area contributed by atoms with Crippen LogP contribution in [0.1, 0.15) is 13.3 Å². The van der Waals surface area contributed by atoms with Crippen molar-refractivity contribution in [3.63, 3.8) is 0 Å². The zero-order chi connectivity index (χ0) is 12.3. The molecule has 4 heteroatoms. The fraction of sp³-hybridized carbons (Fsp3) is 0.308. The van der Waals surface area contributed by atoms with Crippen LogP contribution in [0.3, 0.4) is 0 Å². The second kappa shape index (κ2) is 5.52. The van der Waals surface area contributed by atoms with E-state index in [1.165, 1.54) is 10.6 Å². The van der Waals surface area contributed by atoms with Crippen molar-refractivity contribution >= 4 is 30.1 Å². The van der Waals surface area contributed by atoms with Crippen molar-refractivity contribution < 1.29 is 0 Å². The molecule has 17 heavy (non-hydrogen) atoms. The largest absolute Gasteiger partial charge is 0.334 e. The summed E-state index contributed by atoms with van der Waals surface area (Å²) in [6.45, 7) is 3.09. The Hall–Kier alpha value is -1.05. The molecule has 2 rings (SSSR count). The van der Waals surface area contributed by atoms with Crippen molar-refractivity contribution in [1.82, 2.24) is 0 Å². The van der Waals surface area contributed by atoms with Crippen LogP contribution in [0.2, 0.25) is 0 Å². The summed E-state index contributed by atoms with van der Waals surface area (Å²) in [5, 5.41) is 10.2. The molecule has 0 atom stereocenters. The van der Waals surface area contributed by atoms with Gasteiger partial charge in [0.25, 0.3) is 0 Å². The molecule has 0 N–H and O–H groups in total. The van der Waals surface area contributed by atoms with Gasteiger partial charge < -0.3 is 4.90 Å². The maximum atomic E-state index is 9.15. The Morgan fingerprint density at radius 2 is 2.24 bits per heavy atom. The summed E-state index contributed by atoms with van der Waals surface area (Å²) < 4.78 is 0. The summed E-state index contributed by atoms with van der Waals surface area (Å²) in [7, 11) is 0. The van der Waals surface area contributed by atoms with Gasteiger partial charge in [-0.2, -0.15) is 17.9 Å². The van der Waals surface area contributed by atoms with Crippen molar-refractivity contribution in [2.45, 2.75) is 18.2 Å². The van der Waals surface area contributed by atoms with Gasteiger partial charge in [-0.25, -0.2) is 0 Å². The highest BCUT2D eigenvalue weighted by atomic mass is 32.2. The van der Waals surface area contributed by atoms with E-state index in [0.717, 1.165) is 23.6 Å². The van der Waals surface area contributed by atoms with Crippen molar-refractivity contribution in [3.8, 4) is 6.07 Å². The molecule has 1 heterocycles. The predicted molar refractivity (Wildman–Crippen MR) is 76.4 cm³/mol. The average Bonchev–Trinajstić information content (AvgIpc) is 2.71. The molecule has 0 aromatic heterocycles. The van der Waals surface area contributed by atoms with Gasteiger partial charge in [-0.15, -0.1) is 0 Å². The minimum Gasteiger partial charge on any atom is -0.334 e. The maximum Gasteiger partial charge on any atom is 0.0983 e. The molecule has 0 fully saturated rings. The summed E-state index contributed by atoms with van der Waals surface area (Å²) in [6, 6.07) is 10.5. The molecular weight excluding hydrogens is 248 g/mol. The summed E-state index contributed by atoms with van der Waals surface area (Å²) in [5.41, 5.74) is 1.96. The van der Waals surface area contributed by atoms with Crippen LogP contribution < -0.4 is 4.90 Å². The van der Waals surface area contributed by atoms with Crippen LogP contribution in [0.4, 0.5) is 5.69 Å². The van der Waals surface area contributed by atoms with Gasteiger partial charge in [0.2, 0.25) is 0 Å².